The lowest BCUT2D eigenvalue weighted by Crippen LogP contribution is -2.36. The molecule has 3 nitrogen and oxygen atoms in total. The van der Waals surface area contributed by atoms with Crippen molar-refractivity contribution in [3.63, 3.8) is 0 Å². The number of carbonyl (C=O) groups is 1. The standard InChI is InChI=1S/C15H21NO2/c1-10-5-6-13(11(2)8-10)14(15(17)18)12-4-3-7-16-9-12/h5-6,8,12,14,16H,3-4,7,9H2,1-2H3,(H,17,18). The number of carboxylic acids is 1. The van der Waals surface area contributed by atoms with Crippen LogP contribution in [-0.4, -0.2) is 24.2 Å². The maximum atomic E-state index is 11.6. The van der Waals surface area contributed by atoms with E-state index in [4.69, 9.17) is 0 Å². The predicted octanol–water partition coefficient (Wildman–Crippen LogP) is 2.47. The minimum absolute atomic E-state index is 0.206. The number of benzene rings is 1. The van der Waals surface area contributed by atoms with Crippen molar-refractivity contribution in [1.29, 1.82) is 0 Å². The van der Waals surface area contributed by atoms with Gasteiger partial charge in [-0.25, -0.2) is 0 Å². The van der Waals surface area contributed by atoms with Crippen LogP contribution >= 0.6 is 0 Å². The Morgan fingerprint density at radius 2 is 2.22 bits per heavy atom. The number of aliphatic carboxylic acids is 1. The minimum Gasteiger partial charge on any atom is -0.481 e. The molecule has 0 radical (unpaired) electrons. The fourth-order valence-corrected chi connectivity index (χ4v) is 2.93. The van der Waals surface area contributed by atoms with Crippen molar-refractivity contribution in [1.82, 2.24) is 5.32 Å². The highest BCUT2D eigenvalue weighted by Crippen LogP contribution is 2.32. The second-order valence-electron chi connectivity index (χ2n) is 5.28. The zero-order chi connectivity index (χ0) is 13.1. The Kier molecular flexibility index (Phi) is 4.02. The van der Waals surface area contributed by atoms with Gasteiger partial charge in [0.25, 0.3) is 0 Å². The van der Waals surface area contributed by atoms with Crippen LogP contribution in [0, 0.1) is 19.8 Å². The molecular weight excluding hydrogens is 226 g/mol. The molecule has 0 bridgehead atoms. The van der Waals surface area contributed by atoms with Crippen LogP contribution in [0.2, 0.25) is 0 Å². The normalized spacial score (nSPS) is 21.6. The summed E-state index contributed by atoms with van der Waals surface area (Å²) in [6, 6.07) is 6.06. The van der Waals surface area contributed by atoms with Gasteiger partial charge in [0.1, 0.15) is 0 Å². The number of piperidine rings is 1. The molecule has 1 aliphatic rings. The lowest BCUT2D eigenvalue weighted by atomic mass is 9.80. The molecule has 1 aromatic rings. The topological polar surface area (TPSA) is 49.3 Å². The Morgan fingerprint density at radius 1 is 1.44 bits per heavy atom. The Labute approximate surface area is 108 Å². The van der Waals surface area contributed by atoms with Gasteiger partial charge in [-0.3, -0.25) is 4.79 Å². The zero-order valence-electron chi connectivity index (χ0n) is 11.1. The van der Waals surface area contributed by atoms with E-state index < -0.39 is 5.97 Å². The molecule has 2 atom stereocenters. The average Bonchev–Trinajstić information content (AvgIpc) is 2.33. The van der Waals surface area contributed by atoms with Crippen LogP contribution in [0.15, 0.2) is 18.2 Å². The first-order valence-electron chi connectivity index (χ1n) is 6.60. The Hall–Kier alpha value is -1.35. The molecule has 1 saturated heterocycles. The highest BCUT2D eigenvalue weighted by atomic mass is 16.4. The van der Waals surface area contributed by atoms with E-state index >= 15 is 0 Å². The van der Waals surface area contributed by atoms with Crippen LogP contribution < -0.4 is 5.32 Å². The highest BCUT2D eigenvalue weighted by molar-refractivity contribution is 5.77. The predicted molar refractivity (Wildman–Crippen MR) is 71.9 cm³/mol. The summed E-state index contributed by atoms with van der Waals surface area (Å²) in [7, 11) is 0. The quantitative estimate of drug-likeness (QED) is 0.862. The summed E-state index contributed by atoms with van der Waals surface area (Å²) >= 11 is 0. The van der Waals surface area contributed by atoms with Gasteiger partial charge >= 0.3 is 5.97 Å². The molecule has 0 amide bonds. The van der Waals surface area contributed by atoms with Gasteiger partial charge in [-0.2, -0.15) is 0 Å². The number of rotatable bonds is 3. The molecule has 18 heavy (non-hydrogen) atoms. The van der Waals surface area contributed by atoms with E-state index in [0.29, 0.717) is 0 Å². The molecule has 1 fully saturated rings. The average molecular weight is 247 g/mol. The molecule has 0 saturated carbocycles. The van der Waals surface area contributed by atoms with E-state index in [0.717, 1.165) is 37.1 Å². The molecule has 2 N–H and O–H groups in total. The SMILES string of the molecule is Cc1ccc(C(C(=O)O)C2CCCNC2)c(C)c1. The monoisotopic (exact) mass is 247 g/mol. The molecule has 0 aromatic heterocycles. The molecule has 1 aliphatic heterocycles. The third kappa shape index (κ3) is 2.72. The first-order valence-corrected chi connectivity index (χ1v) is 6.60. The third-order valence-corrected chi connectivity index (χ3v) is 3.83. The lowest BCUT2D eigenvalue weighted by molar-refractivity contribution is -0.140. The summed E-state index contributed by atoms with van der Waals surface area (Å²) in [5, 5.41) is 12.9. The van der Waals surface area contributed by atoms with Gasteiger partial charge in [-0.1, -0.05) is 23.8 Å². The molecule has 3 heteroatoms. The molecule has 98 valence electrons. The number of hydrogen-bond donors (Lipinski definition) is 2. The fourth-order valence-electron chi connectivity index (χ4n) is 2.93. The summed E-state index contributed by atoms with van der Waals surface area (Å²) in [5.74, 6) is -0.869. The molecule has 1 heterocycles. The lowest BCUT2D eigenvalue weighted by Gasteiger charge is -2.29. The van der Waals surface area contributed by atoms with Gasteiger partial charge in [0, 0.05) is 0 Å². The van der Waals surface area contributed by atoms with Gasteiger partial charge in [0.15, 0.2) is 0 Å². The maximum Gasteiger partial charge on any atom is 0.311 e. The van der Waals surface area contributed by atoms with E-state index in [1.54, 1.807) is 0 Å². The Bertz CT molecular complexity index is 436. The number of aryl methyl sites for hydroxylation is 2. The van der Waals surface area contributed by atoms with Gasteiger partial charge in [-0.15, -0.1) is 0 Å². The second kappa shape index (κ2) is 5.53. The van der Waals surface area contributed by atoms with Gasteiger partial charge in [0.2, 0.25) is 0 Å². The van der Waals surface area contributed by atoms with Gasteiger partial charge in [0.05, 0.1) is 5.92 Å². The van der Waals surface area contributed by atoms with E-state index in [2.05, 4.69) is 11.4 Å². The molecule has 0 spiro atoms. The molecule has 2 rings (SSSR count). The Morgan fingerprint density at radius 3 is 2.78 bits per heavy atom. The maximum absolute atomic E-state index is 11.6. The van der Waals surface area contributed by atoms with E-state index in [-0.39, 0.29) is 11.8 Å². The summed E-state index contributed by atoms with van der Waals surface area (Å²) in [6.45, 7) is 5.86. The van der Waals surface area contributed by atoms with E-state index in [1.807, 2.05) is 26.0 Å². The largest absolute Gasteiger partial charge is 0.481 e. The third-order valence-electron chi connectivity index (χ3n) is 3.83. The van der Waals surface area contributed by atoms with Crippen molar-refractivity contribution >= 4 is 5.97 Å². The highest BCUT2D eigenvalue weighted by Gasteiger charge is 2.31. The van der Waals surface area contributed by atoms with Gasteiger partial charge in [-0.05, 0) is 56.8 Å². The van der Waals surface area contributed by atoms with Crippen LogP contribution in [0.25, 0.3) is 0 Å². The Balaban J connectivity index is 2.31. The summed E-state index contributed by atoms with van der Waals surface area (Å²) in [6.07, 6.45) is 2.07. The van der Waals surface area contributed by atoms with E-state index in [1.165, 1.54) is 5.56 Å². The summed E-state index contributed by atoms with van der Waals surface area (Å²) in [4.78, 5) is 11.6. The van der Waals surface area contributed by atoms with Crippen molar-refractivity contribution in [3.8, 4) is 0 Å². The molecule has 2 unspecified atom stereocenters. The van der Waals surface area contributed by atoms with Gasteiger partial charge < -0.3 is 10.4 Å². The number of nitrogens with one attached hydrogen (secondary N) is 1. The van der Waals surface area contributed by atoms with Crippen LogP contribution in [0.5, 0.6) is 0 Å². The van der Waals surface area contributed by atoms with E-state index in [9.17, 15) is 9.90 Å². The van der Waals surface area contributed by atoms with Crippen LogP contribution in [0.1, 0.15) is 35.4 Å². The number of carboxylic acid groups (broad SMARTS) is 1. The number of hydrogen-bond acceptors (Lipinski definition) is 2. The summed E-state index contributed by atoms with van der Waals surface area (Å²) in [5.41, 5.74) is 3.25. The summed E-state index contributed by atoms with van der Waals surface area (Å²) < 4.78 is 0. The second-order valence-corrected chi connectivity index (χ2v) is 5.28. The van der Waals surface area contributed by atoms with Crippen LogP contribution in [0.4, 0.5) is 0 Å². The van der Waals surface area contributed by atoms with Crippen molar-refractivity contribution in [2.24, 2.45) is 5.92 Å². The van der Waals surface area contributed by atoms with Crippen LogP contribution in [-0.2, 0) is 4.79 Å². The first kappa shape index (κ1) is 13.1. The smallest absolute Gasteiger partial charge is 0.311 e. The fraction of sp³-hybridized carbons (Fsp3) is 0.533. The minimum atomic E-state index is -0.698. The first-order chi connectivity index (χ1) is 8.59. The van der Waals surface area contributed by atoms with Crippen molar-refractivity contribution in [2.45, 2.75) is 32.6 Å². The van der Waals surface area contributed by atoms with Crippen molar-refractivity contribution in [3.05, 3.63) is 34.9 Å². The molecule has 0 aliphatic carbocycles. The molecular formula is C15H21NO2. The van der Waals surface area contributed by atoms with Crippen LogP contribution in [0.3, 0.4) is 0 Å². The van der Waals surface area contributed by atoms with Crippen molar-refractivity contribution < 1.29 is 9.90 Å². The zero-order valence-corrected chi connectivity index (χ0v) is 11.1. The molecule has 1 aromatic carbocycles. The van der Waals surface area contributed by atoms with Crippen molar-refractivity contribution in [2.75, 3.05) is 13.1 Å².